The highest BCUT2D eigenvalue weighted by atomic mass is 35.5. The van der Waals surface area contributed by atoms with Gasteiger partial charge in [0.1, 0.15) is 11.0 Å². The van der Waals surface area contributed by atoms with Crippen molar-refractivity contribution in [1.82, 2.24) is 19.7 Å². The molecule has 2 aromatic rings. The monoisotopic (exact) mass is 222 g/mol. The Kier molecular flexibility index (Phi) is 2.44. The number of nitrogens with zero attached hydrogens (tertiary/aromatic N) is 4. The lowest BCUT2D eigenvalue weighted by Crippen LogP contribution is -2.04. The first-order chi connectivity index (χ1) is 7.08. The van der Waals surface area contributed by atoms with Gasteiger partial charge in [-0.05, 0) is 26.3 Å². The van der Waals surface area contributed by atoms with E-state index < -0.39 is 0 Å². The van der Waals surface area contributed by atoms with Gasteiger partial charge in [-0.25, -0.2) is 14.6 Å². The van der Waals surface area contributed by atoms with Crippen LogP contribution in [0.15, 0.2) is 12.4 Å². The van der Waals surface area contributed by atoms with Crippen molar-refractivity contribution < 1.29 is 0 Å². The summed E-state index contributed by atoms with van der Waals surface area (Å²) in [5, 5.41) is 4.67. The number of halogens is 1. The summed E-state index contributed by atoms with van der Waals surface area (Å²) in [5.41, 5.74) is 1.92. The van der Waals surface area contributed by atoms with E-state index in [2.05, 4.69) is 15.1 Å². The van der Waals surface area contributed by atoms with E-state index in [-0.39, 0.29) is 0 Å². The molecular formula is C10H11ClN4. The van der Waals surface area contributed by atoms with Crippen LogP contribution in [0.1, 0.15) is 17.0 Å². The smallest absolute Gasteiger partial charge is 0.161 e. The minimum absolute atomic E-state index is 0.477. The first-order valence-electron chi connectivity index (χ1n) is 4.60. The summed E-state index contributed by atoms with van der Waals surface area (Å²) in [6, 6.07) is 0. The van der Waals surface area contributed by atoms with Gasteiger partial charge >= 0.3 is 0 Å². The van der Waals surface area contributed by atoms with E-state index in [9.17, 15) is 0 Å². The predicted octanol–water partition coefficient (Wildman–Crippen LogP) is 2.24. The van der Waals surface area contributed by atoms with E-state index in [0.29, 0.717) is 11.0 Å². The molecule has 0 aliphatic carbocycles. The average molecular weight is 223 g/mol. The van der Waals surface area contributed by atoms with Crippen molar-refractivity contribution in [3.8, 4) is 5.82 Å². The molecule has 5 heteroatoms. The molecule has 0 unspecified atom stereocenters. The lowest BCUT2D eigenvalue weighted by Gasteiger charge is -2.06. The summed E-state index contributed by atoms with van der Waals surface area (Å²) in [4.78, 5) is 8.40. The summed E-state index contributed by atoms with van der Waals surface area (Å²) in [5.74, 6) is 1.38. The topological polar surface area (TPSA) is 43.6 Å². The minimum Gasteiger partial charge on any atom is -0.222 e. The Hall–Kier alpha value is -1.42. The van der Waals surface area contributed by atoms with Crippen LogP contribution in [0.2, 0.25) is 5.15 Å². The average Bonchev–Trinajstić information content (AvgIpc) is 2.58. The van der Waals surface area contributed by atoms with Crippen molar-refractivity contribution in [2.75, 3.05) is 0 Å². The third kappa shape index (κ3) is 1.85. The molecule has 4 nitrogen and oxygen atoms in total. The van der Waals surface area contributed by atoms with Crippen molar-refractivity contribution in [1.29, 1.82) is 0 Å². The van der Waals surface area contributed by atoms with Crippen LogP contribution in [0, 0.1) is 20.8 Å². The number of rotatable bonds is 1. The number of aromatic nitrogens is 4. The van der Waals surface area contributed by atoms with Gasteiger partial charge in [-0.15, -0.1) is 0 Å². The molecule has 0 fully saturated rings. The fourth-order valence-electron chi connectivity index (χ4n) is 1.33. The van der Waals surface area contributed by atoms with Gasteiger partial charge in [-0.1, -0.05) is 11.6 Å². The van der Waals surface area contributed by atoms with Gasteiger partial charge in [0.05, 0.1) is 6.20 Å². The maximum Gasteiger partial charge on any atom is 0.161 e. The molecule has 15 heavy (non-hydrogen) atoms. The summed E-state index contributed by atoms with van der Waals surface area (Å²) < 4.78 is 1.71. The van der Waals surface area contributed by atoms with Gasteiger partial charge in [0.15, 0.2) is 5.82 Å². The highest BCUT2D eigenvalue weighted by Crippen LogP contribution is 2.18. The second-order valence-electron chi connectivity index (χ2n) is 3.47. The second kappa shape index (κ2) is 3.62. The third-order valence-corrected chi connectivity index (χ3v) is 2.47. The van der Waals surface area contributed by atoms with Gasteiger partial charge in [0.25, 0.3) is 0 Å². The summed E-state index contributed by atoms with van der Waals surface area (Å²) in [6.07, 6.45) is 3.69. The van der Waals surface area contributed by atoms with Crippen molar-refractivity contribution >= 4 is 11.6 Å². The third-order valence-electron chi connectivity index (χ3n) is 2.10. The molecular weight excluding hydrogens is 212 g/mol. The Balaban J connectivity index is 2.62. The van der Waals surface area contributed by atoms with Crippen LogP contribution in [0.3, 0.4) is 0 Å². The Labute approximate surface area is 92.9 Å². The van der Waals surface area contributed by atoms with Crippen LogP contribution in [0.4, 0.5) is 0 Å². The van der Waals surface area contributed by atoms with Gasteiger partial charge in [-0.2, -0.15) is 5.10 Å². The minimum atomic E-state index is 0.477. The maximum atomic E-state index is 5.98. The Morgan fingerprint density at radius 3 is 2.53 bits per heavy atom. The van der Waals surface area contributed by atoms with Crippen molar-refractivity contribution in [2.45, 2.75) is 20.8 Å². The molecule has 0 saturated carbocycles. The highest BCUT2D eigenvalue weighted by Gasteiger charge is 2.09. The zero-order valence-corrected chi connectivity index (χ0v) is 9.58. The lowest BCUT2D eigenvalue weighted by molar-refractivity contribution is 0.817. The normalized spacial score (nSPS) is 10.7. The molecule has 2 heterocycles. The van der Waals surface area contributed by atoms with E-state index in [1.807, 2.05) is 27.0 Å². The molecule has 0 aliphatic rings. The van der Waals surface area contributed by atoms with Crippen LogP contribution < -0.4 is 0 Å². The molecule has 0 atom stereocenters. The largest absolute Gasteiger partial charge is 0.222 e. The first-order valence-corrected chi connectivity index (χ1v) is 4.98. The molecule has 2 rings (SSSR count). The number of aryl methyl sites for hydroxylation is 2. The second-order valence-corrected chi connectivity index (χ2v) is 3.83. The van der Waals surface area contributed by atoms with Gasteiger partial charge in [0.2, 0.25) is 0 Å². The Morgan fingerprint density at radius 2 is 1.93 bits per heavy atom. The molecule has 0 radical (unpaired) electrons. The molecule has 0 aliphatic heterocycles. The molecule has 0 saturated heterocycles. The Bertz CT molecular complexity index is 504. The van der Waals surface area contributed by atoms with E-state index >= 15 is 0 Å². The van der Waals surface area contributed by atoms with E-state index in [1.165, 1.54) is 0 Å². The molecule has 2 aromatic heterocycles. The van der Waals surface area contributed by atoms with Gasteiger partial charge in [0, 0.05) is 11.8 Å². The van der Waals surface area contributed by atoms with Crippen LogP contribution in [0.5, 0.6) is 0 Å². The zero-order valence-electron chi connectivity index (χ0n) is 8.82. The lowest BCUT2D eigenvalue weighted by atomic mass is 10.3. The van der Waals surface area contributed by atoms with E-state index in [0.717, 1.165) is 16.9 Å². The number of hydrogen-bond acceptors (Lipinski definition) is 3. The predicted molar refractivity (Wildman–Crippen MR) is 58.4 cm³/mol. The summed E-state index contributed by atoms with van der Waals surface area (Å²) >= 11 is 5.98. The molecule has 78 valence electrons. The van der Waals surface area contributed by atoms with E-state index in [4.69, 9.17) is 11.6 Å². The molecule has 0 bridgehead atoms. The van der Waals surface area contributed by atoms with Crippen molar-refractivity contribution in [3.63, 3.8) is 0 Å². The van der Waals surface area contributed by atoms with Crippen LogP contribution in [-0.4, -0.2) is 19.7 Å². The molecule has 0 aromatic carbocycles. The maximum absolute atomic E-state index is 5.98. The van der Waals surface area contributed by atoms with Gasteiger partial charge in [-0.3, -0.25) is 0 Å². The first kappa shape index (κ1) is 10.1. The standard InChI is InChI=1S/C10H11ClN4/c1-6-4-12-15(5-6)10-7(2)9(11)13-8(3)14-10/h4-5H,1-3H3. The Morgan fingerprint density at radius 1 is 1.20 bits per heavy atom. The van der Waals surface area contributed by atoms with Crippen molar-refractivity contribution in [2.24, 2.45) is 0 Å². The summed E-state index contributed by atoms with van der Waals surface area (Å²) in [6.45, 7) is 5.67. The highest BCUT2D eigenvalue weighted by molar-refractivity contribution is 6.30. The zero-order chi connectivity index (χ0) is 11.0. The SMILES string of the molecule is Cc1cnn(-c2nc(C)nc(Cl)c2C)c1. The fraction of sp³-hybridized carbons (Fsp3) is 0.300. The fourth-order valence-corrected chi connectivity index (χ4v) is 1.54. The summed E-state index contributed by atoms with van der Waals surface area (Å²) in [7, 11) is 0. The van der Waals surface area contributed by atoms with E-state index in [1.54, 1.807) is 10.9 Å². The van der Waals surface area contributed by atoms with Crippen LogP contribution in [-0.2, 0) is 0 Å². The number of hydrogen-bond donors (Lipinski definition) is 0. The van der Waals surface area contributed by atoms with Gasteiger partial charge < -0.3 is 0 Å². The van der Waals surface area contributed by atoms with Crippen LogP contribution >= 0.6 is 11.6 Å². The van der Waals surface area contributed by atoms with Crippen molar-refractivity contribution in [3.05, 3.63) is 34.5 Å². The molecule has 0 spiro atoms. The quantitative estimate of drug-likeness (QED) is 0.695. The molecule has 0 N–H and O–H groups in total. The van der Waals surface area contributed by atoms with Crippen LogP contribution in [0.25, 0.3) is 5.82 Å². The molecule has 0 amide bonds.